The average molecular weight is 421 g/mol. The van der Waals surface area contributed by atoms with Crippen LogP contribution in [0.25, 0.3) is 22.6 Å². The summed E-state index contributed by atoms with van der Waals surface area (Å²) in [6.45, 7) is 0.241. The molecule has 2 aromatic carbocycles. The number of nitro benzene ring substituents is 1. The molecular formula is C20H16FN7O3. The summed E-state index contributed by atoms with van der Waals surface area (Å²) >= 11 is 0. The first-order chi connectivity index (χ1) is 15.1. The molecule has 156 valence electrons. The Morgan fingerprint density at radius 2 is 2.00 bits per heavy atom. The number of para-hydroxylation sites is 2. The number of fused-ring (bicyclic) bond motifs is 1. The van der Waals surface area contributed by atoms with Crippen molar-refractivity contribution in [1.82, 2.24) is 19.9 Å². The lowest BCUT2D eigenvalue weighted by Gasteiger charge is -2.13. The van der Waals surface area contributed by atoms with Crippen molar-refractivity contribution in [2.75, 3.05) is 11.9 Å². The lowest BCUT2D eigenvalue weighted by Crippen LogP contribution is -2.09. The minimum absolute atomic E-state index is 0.0991. The summed E-state index contributed by atoms with van der Waals surface area (Å²) in [5, 5.41) is 30.3. The number of hydrogen-bond acceptors (Lipinski definition) is 8. The zero-order valence-corrected chi connectivity index (χ0v) is 16.1. The molecule has 10 nitrogen and oxygen atoms in total. The highest BCUT2D eigenvalue weighted by Crippen LogP contribution is 2.31. The molecule has 0 bridgehead atoms. The van der Waals surface area contributed by atoms with Crippen molar-refractivity contribution in [3.63, 3.8) is 0 Å². The number of aromatic nitrogens is 4. The van der Waals surface area contributed by atoms with Crippen LogP contribution in [0.5, 0.6) is 0 Å². The Bertz CT molecular complexity index is 1260. The minimum Gasteiger partial charge on any atom is -0.364 e. The Morgan fingerprint density at radius 3 is 2.74 bits per heavy atom. The lowest BCUT2D eigenvalue weighted by atomic mass is 10.1. The highest BCUT2D eigenvalue weighted by atomic mass is 19.1. The molecule has 0 aliphatic heterocycles. The molecule has 0 saturated carbocycles. The van der Waals surface area contributed by atoms with Crippen LogP contribution in [-0.4, -0.2) is 31.3 Å². The van der Waals surface area contributed by atoms with Crippen LogP contribution in [0, 0.1) is 21.4 Å². The largest absolute Gasteiger partial charge is 0.364 e. The van der Waals surface area contributed by atoms with E-state index in [1.165, 1.54) is 24.3 Å². The Labute approximate surface area is 175 Å². The maximum absolute atomic E-state index is 15.2. The molecule has 1 unspecified atom stereocenters. The predicted molar refractivity (Wildman–Crippen MR) is 109 cm³/mol. The number of halogens is 1. The third-order valence-corrected chi connectivity index (χ3v) is 4.69. The van der Waals surface area contributed by atoms with Crippen LogP contribution >= 0.6 is 0 Å². The zero-order valence-electron chi connectivity index (χ0n) is 16.1. The van der Waals surface area contributed by atoms with E-state index in [9.17, 15) is 10.1 Å². The van der Waals surface area contributed by atoms with Crippen LogP contribution in [-0.2, 0) is 6.54 Å². The van der Waals surface area contributed by atoms with Gasteiger partial charge >= 0.3 is 0 Å². The fourth-order valence-electron chi connectivity index (χ4n) is 3.20. The van der Waals surface area contributed by atoms with Gasteiger partial charge in [0.1, 0.15) is 6.17 Å². The molecule has 0 aliphatic carbocycles. The number of anilines is 1. The topological polar surface area (TPSA) is 136 Å². The van der Waals surface area contributed by atoms with Gasteiger partial charge in [-0.25, -0.2) is 14.0 Å². The molecule has 4 aromatic rings. The molecular weight excluding hydrogens is 405 g/mol. The van der Waals surface area contributed by atoms with E-state index in [1.807, 2.05) is 24.3 Å². The van der Waals surface area contributed by atoms with Crippen molar-refractivity contribution in [3.8, 4) is 17.6 Å². The average Bonchev–Trinajstić information content (AvgIpc) is 3.38. The quantitative estimate of drug-likeness (QED) is 0.256. The number of imidazole rings is 1. The Balaban J connectivity index is 1.70. The van der Waals surface area contributed by atoms with Gasteiger partial charge in [0.05, 0.1) is 35.0 Å². The van der Waals surface area contributed by atoms with Gasteiger partial charge in [-0.2, -0.15) is 5.26 Å². The van der Waals surface area contributed by atoms with E-state index >= 15 is 4.39 Å². The van der Waals surface area contributed by atoms with Crippen LogP contribution in [0.2, 0.25) is 0 Å². The number of benzene rings is 2. The molecule has 0 saturated heterocycles. The molecule has 4 rings (SSSR count). The van der Waals surface area contributed by atoms with Crippen LogP contribution in [0.15, 0.2) is 53.2 Å². The van der Waals surface area contributed by atoms with Crippen molar-refractivity contribution in [1.29, 1.82) is 5.26 Å². The van der Waals surface area contributed by atoms with Gasteiger partial charge in [-0.3, -0.25) is 10.1 Å². The normalized spacial score (nSPS) is 11.9. The highest BCUT2D eigenvalue weighted by Gasteiger charge is 2.23. The summed E-state index contributed by atoms with van der Waals surface area (Å²) in [4.78, 5) is 14.9. The maximum Gasteiger partial charge on any atom is 0.269 e. The molecule has 0 amide bonds. The first-order valence-corrected chi connectivity index (χ1v) is 9.36. The van der Waals surface area contributed by atoms with Gasteiger partial charge < -0.3 is 9.88 Å². The van der Waals surface area contributed by atoms with Gasteiger partial charge in [0, 0.05) is 18.7 Å². The predicted octanol–water partition coefficient (Wildman–Crippen LogP) is 4.03. The Hall–Kier alpha value is -4.33. The van der Waals surface area contributed by atoms with Crippen molar-refractivity contribution >= 4 is 22.5 Å². The lowest BCUT2D eigenvalue weighted by molar-refractivity contribution is -0.384. The second-order valence-electron chi connectivity index (χ2n) is 6.65. The monoisotopic (exact) mass is 421 g/mol. The van der Waals surface area contributed by atoms with Crippen LogP contribution in [0.4, 0.5) is 15.9 Å². The molecule has 1 atom stereocenters. The number of nitro groups is 1. The smallest absolute Gasteiger partial charge is 0.269 e. The maximum atomic E-state index is 15.2. The highest BCUT2D eigenvalue weighted by molar-refractivity contribution is 5.81. The van der Waals surface area contributed by atoms with Crippen LogP contribution < -0.4 is 5.32 Å². The molecule has 1 N–H and O–H groups in total. The number of alkyl halides is 1. The Morgan fingerprint density at radius 1 is 1.23 bits per heavy atom. The van der Waals surface area contributed by atoms with Crippen molar-refractivity contribution in [3.05, 3.63) is 64.2 Å². The molecule has 31 heavy (non-hydrogen) atoms. The van der Waals surface area contributed by atoms with Gasteiger partial charge in [-0.05, 0) is 40.1 Å². The molecule has 0 spiro atoms. The molecule has 11 heteroatoms. The molecule has 0 aliphatic rings. The number of nitrogens with one attached hydrogen (secondary N) is 1. The summed E-state index contributed by atoms with van der Waals surface area (Å²) in [6.07, 6.45) is -1.19. The molecule has 0 fully saturated rings. The van der Waals surface area contributed by atoms with Crippen LogP contribution in [0.1, 0.15) is 18.2 Å². The van der Waals surface area contributed by atoms with Gasteiger partial charge in [0.25, 0.3) is 5.69 Å². The first-order valence-electron chi connectivity index (χ1n) is 9.36. The third-order valence-electron chi connectivity index (χ3n) is 4.69. The first kappa shape index (κ1) is 20.0. The van der Waals surface area contributed by atoms with E-state index in [0.29, 0.717) is 40.5 Å². The van der Waals surface area contributed by atoms with E-state index in [4.69, 9.17) is 9.89 Å². The zero-order chi connectivity index (χ0) is 21.8. The fourth-order valence-corrected chi connectivity index (χ4v) is 3.20. The van der Waals surface area contributed by atoms with Crippen molar-refractivity contribution in [2.24, 2.45) is 0 Å². The number of rotatable bonds is 8. The molecule has 0 radical (unpaired) electrons. The van der Waals surface area contributed by atoms with Crippen molar-refractivity contribution in [2.45, 2.75) is 19.1 Å². The van der Waals surface area contributed by atoms with Gasteiger partial charge in [-0.1, -0.05) is 12.1 Å². The standard InChI is InChI=1S/C20H16FN7O3/c21-15(13-6-8-14(9-7-13)28(29)30)12-27-17-5-2-1-4-16(17)24-20(27)18-19(26-31-25-18)23-11-3-10-22/h1-2,4-9,15H,3,11-12H2,(H,23,26). The molecule has 2 aromatic heterocycles. The molecule has 2 heterocycles. The second kappa shape index (κ2) is 8.58. The van der Waals surface area contributed by atoms with E-state index in [0.717, 1.165) is 0 Å². The summed E-state index contributed by atoms with van der Waals surface area (Å²) in [6, 6.07) is 14.6. The number of non-ortho nitro benzene ring substituents is 1. The van der Waals surface area contributed by atoms with E-state index in [1.54, 1.807) is 10.6 Å². The SMILES string of the molecule is N#CCCNc1nonc1-c1nc2ccccc2n1CC(F)c1ccc([N+](=O)[O-])cc1. The van der Waals surface area contributed by atoms with Gasteiger partial charge in [0.15, 0.2) is 11.5 Å². The summed E-state index contributed by atoms with van der Waals surface area (Å²) < 4.78 is 21.7. The van der Waals surface area contributed by atoms with Gasteiger partial charge in [0.2, 0.25) is 5.82 Å². The third kappa shape index (κ3) is 4.04. The summed E-state index contributed by atoms with van der Waals surface area (Å²) in [5.74, 6) is 0.656. The van der Waals surface area contributed by atoms with E-state index in [2.05, 4.69) is 20.6 Å². The number of nitrogens with zero attached hydrogens (tertiary/aromatic N) is 6. The van der Waals surface area contributed by atoms with E-state index in [-0.39, 0.29) is 18.7 Å². The van der Waals surface area contributed by atoms with Crippen molar-refractivity contribution < 1.29 is 13.9 Å². The van der Waals surface area contributed by atoms with Gasteiger partial charge in [-0.15, -0.1) is 0 Å². The summed E-state index contributed by atoms with van der Waals surface area (Å²) in [7, 11) is 0. The second-order valence-corrected chi connectivity index (χ2v) is 6.65. The Kier molecular flexibility index (Phi) is 5.53. The fraction of sp³-hybridized carbons (Fsp3) is 0.200. The van der Waals surface area contributed by atoms with E-state index < -0.39 is 11.1 Å². The minimum atomic E-state index is -1.45. The summed E-state index contributed by atoms with van der Waals surface area (Å²) in [5.41, 5.74) is 1.82. The number of hydrogen-bond donors (Lipinski definition) is 1. The number of nitriles is 1. The van der Waals surface area contributed by atoms with Crippen LogP contribution in [0.3, 0.4) is 0 Å².